The molecule has 0 aliphatic carbocycles. The van der Waals surface area contributed by atoms with Gasteiger partial charge in [0.1, 0.15) is 0 Å². The first-order chi connectivity index (χ1) is 7.81. The zero-order valence-corrected chi connectivity index (χ0v) is 9.48. The molecule has 1 fully saturated rings. The third-order valence-electron chi connectivity index (χ3n) is 2.74. The smallest absolute Gasteiger partial charge is 0.358 e. The molecule has 1 aromatic rings. The number of carbonyl (C=O) groups is 1. The van der Waals surface area contributed by atoms with E-state index >= 15 is 0 Å². The van der Waals surface area contributed by atoms with E-state index in [-0.39, 0.29) is 5.97 Å². The lowest BCUT2D eigenvalue weighted by Crippen LogP contribution is -2.32. The maximum Gasteiger partial charge on any atom is 0.358 e. The molecule has 16 heavy (non-hydrogen) atoms. The van der Waals surface area contributed by atoms with Crippen molar-refractivity contribution in [2.75, 3.05) is 19.7 Å². The van der Waals surface area contributed by atoms with E-state index in [2.05, 4.69) is 10.4 Å². The fourth-order valence-corrected chi connectivity index (χ4v) is 1.91. The lowest BCUT2D eigenvalue weighted by Gasteiger charge is -2.22. The zero-order valence-electron chi connectivity index (χ0n) is 9.48. The van der Waals surface area contributed by atoms with Gasteiger partial charge in [0.05, 0.1) is 12.6 Å². The summed E-state index contributed by atoms with van der Waals surface area (Å²) in [5.41, 5.74) is 0.396. The Kier molecular flexibility index (Phi) is 3.56. The van der Waals surface area contributed by atoms with E-state index in [1.165, 1.54) is 0 Å². The summed E-state index contributed by atoms with van der Waals surface area (Å²) < 4.78 is 6.76. The number of nitrogens with one attached hydrogen (secondary N) is 1. The molecule has 5 nitrogen and oxygen atoms in total. The molecule has 1 N–H and O–H groups in total. The molecule has 2 rings (SSSR count). The van der Waals surface area contributed by atoms with E-state index in [1.54, 1.807) is 13.0 Å². The average molecular weight is 223 g/mol. The van der Waals surface area contributed by atoms with Gasteiger partial charge in [-0.2, -0.15) is 5.10 Å². The number of piperidine rings is 1. The first-order valence-corrected chi connectivity index (χ1v) is 5.74. The third kappa shape index (κ3) is 2.41. The number of hydrogen-bond acceptors (Lipinski definition) is 4. The molecule has 1 atom stereocenters. The van der Waals surface area contributed by atoms with Gasteiger partial charge in [-0.05, 0) is 32.4 Å². The lowest BCUT2D eigenvalue weighted by atomic mass is 10.1. The van der Waals surface area contributed by atoms with Gasteiger partial charge in [-0.1, -0.05) is 0 Å². The van der Waals surface area contributed by atoms with Crippen LogP contribution in [0, 0.1) is 0 Å². The quantitative estimate of drug-likeness (QED) is 0.776. The van der Waals surface area contributed by atoms with Crippen LogP contribution in [0.5, 0.6) is 0 Å². The number of aromatic nitrogens is 2. The summed E-state index contributed by atoms with van der Waals surface area (Å²) in [4.78, 5) is 11.4. The van der Waals surface area contributed by atoms with Gasteiger partial charge >= 0.3 is 5.97 Å². The van der Waals surface area contributed by atoms with Crippen molar-refractivity contribution in [2.24, 2.45) is 0 Å². The van der Waals surface area contributed by atoms with Crippen molar-refractivity contribution < 1.29 is 9.53 Å². The molecule has 2 heterocycles. The fraction of sp³-hybridized carbons (Fsp3) is 0.636. The Morgan fingerprint density at radius 2 is 2.62 bits per heavy atom. The predicted molar refractivity (Wildman–Crippen MR) is 59.3 cm³/mol. The van der Waals surface area contributed by atoms with Crippen LogP contribution in [0.15, 0.2) is 12.3 Å². The summed E-state index contributed by atoms with van der Waals surface area (Å²) in [7, 11) is 0. The van der Waals surface area contributed by atoms with Crippen LogP contribution in [-0.2, 0) is 4.74 Å². The second-order valence-corrected chi connectivity index (χ2v) is 3.90. The van der Waals surface area contributed by atoms with E-state index in [0.717, 1.165) is 25.9 Å². The summed E-state index contributed by atoms with van der Waals surface area (Å²) in [5, 5.41) is 7.57. The molecule has 0 amide bonds. The summed E-state index contributed by atoms with van der Waals surface area (Å²) in [6.07, 6.45) is 4.11. The first-order valence-electron chi connectivity index (χ1n) is 5.74. The number of rotatable bonds is 3. The Hall–Kier alpha value is -1.36. The Bertz CT molecular complexity index is 356. The van der Waals surface area contributed by atoms with E-state index < -0.39 is 0 Å². The highest BCUT2D eigenvalue weighted by Gasteiger charge is 2.17. The number of nitrogens with zero attached hydrogens (tertiary/aromatic N) is 2. The lowest BCUT2D eigenvalue weighted by molar-refractivity contribution is 0.0518. The van der Waals surface area contributed by atoms with Gasteiger partial charge in [0, 0.05) is 12.7 Å². The summed E-state index contributed by atoms with van der Waals surface area (Å²) >= 11 is 0. The number of esters is 1. The highest BCUT2D eigenvalue weighted by atomic mass is 16.5. The normalized spacial score (nSPS) is 20.7. The van der Waals surface area contributed by atoms with Crippen LogP contribution in [0.1, 0.15) is 36.3 Å². The van der Waals surface area contributed by atoms with Crippen molar-refractivity contribution in [1.29, 1.82) is 0 Å². The van der Waals surface area contributed by atoms with Gasteiger partial charge in [0.15, 0.2) is 5.69 Å². The Balaban J connectivity index is 2.03. The monoisotopic (exact) mass is 223 g/mol. The molecule has 0 saturated carbocycles. The highest BCUT2D eigenvalue weighted by Crippen LogP contribution is 2.15. The second-order valence-electron chi connectivity index (χ2n) is 3.90. The molecule has 0 radical (unpaired) electrons. The van der Waals surface area contributed by atoms with Crippen molar-refractivity contribution in [3.63, 3.8) is 0 Å². The molecule has 1 aliphatic heterocycles. The topological polar surface area (TPSA) is 56.1 Å². The number of ether oxygens (including phenoxy) is 1. The van der Waals surface area contributed by atoms with Crippen molar-refractivity contribution >= 4 is 5.97 Å². The van der Waals surface area contributed by atoms with E-state index in [9.17, 15) is 4.79 Å². The van der Waals surface area contributed by atoms with Gasteiger partial charge in [-0.15, -0.1) is 0 Å². The Morgan fingerprint density at radius 3 is 3.31 bits per heavy atom. The fourth-order valence-electron chi connectivity index (χ4n) is 1.91. The van der Waals surface area contributed by atoms with Crippen LogP contribution in [0.4, 0.5) is 0 Å². The molecule has 88 valence electrons. The molecule has 1 aromatic heterocycles. The van der Waals surface area contributed by atoms with E-state index in [1.807, 2.05) is 10.9 Å². The van der Waals surface area contributed by atoms with Gasteiger partial charge in [-0.25, -0.2) is 4.79 Å². The van der Waals surface area contributed by atoms with Gasteiger partial charge < -0.3 is 10.1 Å². The Morgan fingerprint density at radius 1 is 1.75 bits per heavy atom. The third-order valence-corrected chi connectivity index (χ3v) is 2.74. The molecule has 0 bridgehead atoms. The average Bonchev–Trinajstić information content (AvgIpc) is 2.80. The standard InChI is InChI=1S/C11H17N3O2/c1-2-16-11(15)10-5-7-14(13-10)9-4-3-6-12-8-9/h5,7,9,12H,2-4,6,8H2,1H3. The van der Waals surface area contributed by atoms with Crippen molar-refractivity contribution in [3.8, 4) is 0 Å². The van der Waals surface area contributed by atoms with Crippen LogP contribution < -0.4 is 5.32 Å². The molecular weight excluding hydrogens is 206 g/mol. The number of hydrogen-bond donors (Lipinski definition) is 1. The van der Waals surface area contributed by atoms with Gasteiger partial charge in [0.25, 0.3) is 0 Å². The summed E-state index contributed by atoms with van der Waals surface area (Å²) in [5.74, 6) is -0.343. The van der Waals surface area contributed by atoms with E-state index in [0.29, 0.717) is 18.3 Å². The van der Waals surface area contributed by atoms with Crippen LogP contribution in [0.2, 0.25) is 0 Å². The SMILES string of the molecule is CCOC(=O)c1ccn(C2CCCNC2)n1. The molecule has 0 aromatic carbocycles. The molecule has 0 spiro atoms. The van der Waals surface area contributed by atoms with Crippen molar-refractivity contribution in [2.45, 2.75) is 25.8 Å². The van der Waals surface area contributed by atoms with Gasteiger partial charge in [-0.3, -0.25) is 4.68 Å². The Labute approximate surface area is 94.8 Å². The minimum absolute atomic E-state index is 0.343. The summed E-state index contributed by atoms with van der Waals surface area (Å²) in [6, 6.07) is 2.07. The second kappa shape index (κ2) is 5.12. The van der Waals surface area contributed by atoms with Gasteiger partial charge in [0.2, 0.25) is 0 Å². The summed E-state index contributed by atoms with van der Waals surface area (Å²) in [6.45, 7) is 4.17. The zero-order chi connectivity index (χ0) is 11.4. The highest BCUT2D eigenvalue weighted by molar-refractivity contribution is 5.86. The minimum atomic E-state index is -0.343. The molecule has 5 heteroatoms. The van der Waals surface area contributed by atoms with Crippen molar-refractivity contribution in [1.82, 2.24) is 15.1 Å². The van der Waals surface area contributed by atoms with Crippen LogP contribution in [0.25, 0.3) is 0 Å². The first kappa shape index (κ1) is 11.1. The van der Waals surface area contributed by atoms with Crippen LogP contribution >= 0.6 is 0 Å². The molecule has 1 aliphatic rings. The maximum atomic E-state index is 11.4. The van der Waals surface area contributed by atoms with Crippen molar-refractivity contribution in [3.05, 3.63) is 18.0 Å². The molecule has 1 unspecified atom stereocenters. The molecule has 1 saturated heterocycles. The predicted octanol–water partition coefficient (Wildman–Crippen LogP) is 0.984. The van der Waals surface area contributed by atoms with E-state index in [4.69, 9.17) is 4.74 Å². The van der Waals surface area contributed by atoms with Crippen LogP contribution in [0.3, 0.4) is 0 Å². The maximum absolute atomic E-state index is 11.4. The minimum Gasteiger partial charge on any atom is -0.461 e. The van der Waals surface area contributed by atoms with Crippen LogP contribution in [-0.4, -0.2) is 35.4 Å². The molecular formula is C11H17N3O2. The number of carbonyl (C=O) groups excluding carboxylic acids is 1. The largest absolute Gasteiger partial charge is 0.461 e.